The van der Waals surface area contributed by atoms with Crippen molar-refractivity contribution in [2.75, 3.05) is 7.11 Å². The van der Waals surface area contributed by atoms with E-state index < -0.39 is 11.9 Å². The highest BCUT2D eigenvalue weighted by Gasteiger charge is 2.15. The highest BCUT2D eigenvalue weighted by atomic mass is 19.1. The molecule has 0 aliphatic rings. The highest BCUT2D eigenvalue weighted by Crippen LogP contribution is 2.34. The number of hydrogen-bond acceptors (Lipinski definition) is 3. The minimum absolute atomic E-state index is 0.0875. The molecular formula is C11H14FNO2. The van der Waals surface area contributed by atoms with Gasteiger partial charge in [0.15, 0.2) is 11.5 Å². The molecule has 82 valence electrons. The van der Waals surface area contributed by atoms with Crippen LogP contribution in [-0.2, 0) is 0 Å². The zero-order chi connectivity index (χ0) is 11.4. The molecule has 1 atom stereocenters. The first-order valence-corrected chi connectivity index (χ1v) is 4.53. The van der Waals surface area contributed by atoms with Crippen LogP contribution in [0.5, 0.6) is 11.5 Å². The predicted molar refractivity (Wildman–Crippen MR) is 56.4 cm³/mol. The first-order chi connectivity index (χ1) is 7.10. The molecule has 0 aliphatic carbocycles. The Labute approximate surface area is 88.0 Å². The molecule has 0 aromatic heterocycles. The van der Waals surface area contributed by atoms with E-state index in [1.165, 1.54) is 13.2 Å². The van der Waals surface area contributed by atoms with Gasteiger partial charge in [-0.2, -0.15) is 0 Å². The van der Waals surface area contributed by atoms with E-state index in [0.717, 1.165) is 6.07 Å². The second-order valence-electron chi connectivity index (χ2n) is 3.18. The second kappa shape index (κ2) is 4.79. The normalized spacial score (nSPS) is 12.2. The Morgan fingerprint density at radius 1 is 1.67 bits per heavy atom. The predicted octanol–water partition coefficient (Wildman–Crippen LogP) is 2.12. The van der Waals surface area contributed by atoms with Crippen molar-refractivity contribution in [2.24, 2.45) is 5.73 Å². The summed E-state index contributed by atoms with van der Waals surface area (Å²) in [5.41, 5.74) is 6.07. The molecule has 0 unspecified atom stereocenters. The summed E-state index contributed by atoms with van der Waals surface area (Å²) < 4.78 is 17.9. The molecule has 0 bridgehead atoms. The van der Waals surface area contributed by atoms with E-state index in [4.69, 9.17) is 10.5 Å². The third-order valence-electron chi connectivity index (χ3n) is 2.11. The fourth-order valence-corrected chi connectivity index (χ4v) is 1.34. The van der Waals surface area contributed by atoms with Gasteiger partial charge >= 0.3 is 0 Å². The minimum atomic E-state index is -0.487. The number of halogens is 1. The van der Waals surface area contributed by atoms with Gasteiger partial charge in [-0.05, 0) is 12.5 Å². The number of nitrogens with two attached hydrogens (primary N) is 1. The standard InChI is InChI=1S/C11H14FNO2/c1-3-4-9(13)8-5-7(12)6-10(15-2)11(8)14/h3,5-6,9,14H,1,4,13H2,2H3/t9-/m0/s1. The van der Waals surface area contributed by atoms with E-state index in [9.17, 15) is 9.50 Å². The maximum Gasteiger partial charge on any atom is 0.163 e. The number of methoxy groups -OCH3 is 1. The largest absolute Gasteiger partial charge is 0.504 e. The van der Waals surface area contributed by atoms with Crippen molar-refractivity contribution in [3.63, 3.8) is 0 Å². The average Bonchev–Trinajstić information content (AvgIpc) is 2.21. The first kappa shape index (κ1) is 11.5. The van der Waals surface area contributed by atoms with Gasteiger partial charge in [0.1, 0.15) is 5.82 Å². The zero-order valence-electron chi connectivity index (χ0n) is 8.53. The third-order valence-corrected chi connectivity index (χ3v) is 2.11. The van der Waals surface area contributed by atoms with E-state index >= 15 is 0 Å². The number of ether oxygens (including phenoxy) is 1. The van der Waals surface area contributed by atoms with Gasteiger partial charge in [0.25, 0.3) is 0 Å². The molecule has 3 N–H and O–H groups in total. The zero-order valence-corrected chi connectivity index (χ0v) is 8.53. The number of benzene rings is 1. The fourth-order valence-electron chi connectivity index (χ4n) is 1.34. The van der Waals surface area contributed by atoms with Crippen LogP contribution in [0.2, 0.25) is 0 Å². The monoisotopic (exact) mass is 211 g/mol. The van der Waals surface area contributed by atoms with Gasteiger partial charge in [0.05, 0.1) is 7.11 Å². The molecule has 1 rings (SSSR count). The van der Waals surface area contributed by atoms with Crippen molar-refractivity contribution in [1.29, 1.82) is 0 Å². The van der Waals surface area contributed by atoms with Crippen LogP contribution in [0.25, 0.3) is 0 Å². The topological polar surface area (TPSA) is 55.5 Å². The summed E-state index contributed by atoms with van der Waals surface area (Å²) in [5, 5.41) is 9.70. The third kappa shape index (κ3) is 2.47. The number of phenols is 1. The lowest BCUT2D eigenvalue weighted by atomic mass is 10.0. The maximum absolute atomic E-state index is 13.1. The van der Waals surface area contributed by atoms with E-state index in [0.29, 0.717) is 12.0 Å². The van der Waals surface area contributed by atoms with Crippen molar-refractivity contribution in [1.82, 2.24) is 0 Å². The smallest absolute Gasteiger partial charge is 0.163 e. The van der Waals surface area contributed by atoms with Crippen LogP contribution < -0.4 is 10.5 Å². The van der Waals surface area contributed by atoms with Gasteiger partial charge in [0, 0.05) is 17.7 Å². The summed E-state index contributed by atoms with van der Waals surface area (Å²) >= 11 is 0. The Hall–Kier alpha value is -1.55. The van der Waals surface area contributed by atoms with Gasteiger partial charge in [-0.25, -0.2) is 4.39 Å². The summed E-state index contributed by atoms with van der Waals surface area (Å²) in [7, 11) is 1.36. The molecule has 0 amide bonds. The van der Waals surface area contributed by atoms with E-state index in [2.05, 4.69) is 6.58 Å². The van der Waals surface area contributed by atoms with Crippen LogP contribution in [-0.4, -0.2) is 12.2 Å². The number of aromatic hydroxyl groups is 1. The van der Waals surface area contributed by atoms with Crippen molar-refractivity contribution >= 4 is 0 Å². The number of rotatable bonds is 4. The molecule has 0 fully saturated rings. The average molecular weight is 211 g/mol. The van der Waals surface area contributed by atoms with Crippen molar-refractivity contribution in [2.45, 2.75) is 12.5 Å². The van der Waals surface area contributed by atoms with Crippen LogP contribution in [0, 0.1) is 5.82 Å². The summed E-state index contributed by atoms with van der Waals surface area (Å²) in [6.45, 7) is 3.53. The molecule has 4 heteroatoms. The highest BCUT2D eigenvalue weighted by molar-refractivity contribution is 5.47. The van der Waals surface area contributed by atoms with Crippen LogP contribution >= 0.6 is 0 Å². The molecule has 0 radical (unpaired) electrons. The van der Waals surface area contributed by atoms with Gasteiger partial charge in [-0.3, -0.25) is 0 Å². The van der Waals surface area contributed by atoms with Crippen LogP contribution in [0.4, 0.5) is 4.39 Å². The Bertz CT molecular complexity index is 366. The number of phenolic OH excluding ortho intramolecular Hbond substituents is 1. The summed E-state index contributed by atoms with van der Waals surface area (Å²) in [6, 6.07) is 1.83. The summed E-state index contributed by atoms with van der Waals surface area (Å²) in [4.78, 5) is 0. The van der Waals surface area contributed by atoms with Gasteiger partial charge < -0.3 is 15.6 Å². The van der Waals surface area contributed by atoms with Crippen molar-refractivity contribution in [3.8, 4) is 11.5 Å². The van der Waals surface area contributed by atoms with E-state index in [1.807, 2.05) is 0 Å². The Balaban J connectivity index is 3.16. The van der Waals surface area contributed by atoms with Gasteiger partial charge in [-0.1, -0.05) is 6.08 Å². The summed E-state index contributed by atoms with van der Waals surface area (Å²) in [5.74, 6) is -0.517. The lowest BCUT2D eigenvalue weighted by molar-refractivity contribution is 0.365. The molecule has 15 heavy (non-hydrogen) atoms. The molecule has 1 aromatic rings. The molecule has 0 spiro atoms. The quantitative estimate of drug-likeness (QED) is 0.750. The van der Waals surface area contributed by atoms with Crippen molar-refractivity contribution < 1.29 is 14.2 Å². The fraction of sp³-hybridized carbons (Fsp3) is 0.273. The molecule has 3 nitrogen and oxygen atoms in total. The molecule has 0 heterocycles. The van der Waals surface area contributed by atoms with Crippen molar-refractivity contribution in [3.05, 3.63) is 36.2 Å². The Kier molecular flexibility index (Phi) is 3.68. The molecule has 0 aliphatic heterocycles. The molecule has 0 saturated heterocycles. The van der Waals surface area contributed by atoms with Gasteiger partial charge in [-0.15, -0.1) is 6.58 Å². The number of hydrogen-bond donors (Lipinski definition) is 2. The molecule has 0 saturated carbocycles. The molecule has 1 aromatic carbocycles. The Morgan fingerprint density at radius 3 is 2.87 bits per heavy atom. The van der Waals surface area contributed by atoms with Gasteiger partial charge in [0.2, 0.25) is 0 Å². The minimum Gasteiger partial charge on any atom is -0.504 e. The van der Waals surface area contributed by atoms with E-state index in [-0.39, 0.29) is 11.5 Å². The van der Waals surface area contributed by atoms with Crippen LogP contribution in [0.15, 0.2) is 24.8 Å². The van der Waals surface area contributed by atoms with Crippen LogP contribution in [0.1, 0.15) is 18.0 Å². The SMILES string of the molecule is C=CC[C@H](N)c1cc(F)cc(OC)c1O. The maximum atomic E-state index is 13.1. The summed E-state index contributed by atoms with van der Waals surface area (Å²) in [6.07, 6.45) is 2.07. The van der Waals surface area contributed by atoms with Crippen LogP contribution in [0.3, 0.4) is 0 Å². The Morgan fingerprint density at radius 2 is 2.33 bits per heavy atom. The first-order valence-electron chi connectivity index (χ1n) is 4.53. The lowest BCUT2D eigenvalue weighted by Gasteiger charge is -2.14. The second-order valence-corrected chi connectivity index (χ2v) is 3.18. The molecular weight excluding hydrogens is 197 g/mol. The lowest BCUT2D eigenvalue weighted by Crippen LogP contribution is -2.10. The van der Waals surface area contributed by atoms with E-state index in [1.54, 1.807) is 6.08 Å².